The van der Waals surface area contributed by atoms with Crippen LogP contribution in [-0.4, -0.2) is 16.8 Å². The fourth-order valence-corrected chi connectivity index (χ4v) is 2.83. The normalized spacial score (nSPS) is 12.8. The number of carboxylic acids is 1. The molecule has 0 spiro atoms. The molecule has 0 aromatic heterocycles. The largest absolute Gasteiger partial charge is 0.545 e. The number of benzene rings is 2. The van der Waals surface area contributed by atoms with Gasteiger partial charge in [-0.25, -0.2) is 0 Å². The van der Waals surface area contributed by atoms with Crippen LogP contribution in [0.3, 0.4) is 0 Å². The fourth-order valence-electron chi connectivity index (χ4n) is 2.83. The summed E-state index contributed by atoms with van der Waals surface area (Å²) in [4.78, 5) is 34.5. The van der Waals surface area contributed by atoms with E-state index in [1.807, 2.05) is 37.3 Å². The molecular formula is C20H21N2O5-. The third-order valence-corrected chi connectivity index (χ3v) is 4.50. The van der Waals surface area contributed by atoms with Gasteiger partial charge in [0.25, 0.3) is 0 Å². The number of rotatable bonds is 8. The number of hydrogen-bond acceptors (Lipinski definition) is 5. The van der Waals surface area contributed by atoms with Gasteiger partial charge in [-0.05, 0) is 36.1 Å². The van der Waals surface area contributed by atoms with E-state index in [2.05, 4.69) is 5.32 Å². The fraction of sp³-hybridized carbons (Fsp3) is 0.300. The van der Waals surface area contributed by atoms with Crippen LogP contribution in [0.5, 0.6) is 0 Å². The average Bonchev–Trinajstić information content (AvgIpc) is 2.66. The Morgan fingerprint density at radius 3 is 2.37 bits per heavy atom. The van der Waals surface area contributed by atoms with E-state index in [1.54, 1.807) is 0 Å². The Hall–Kier alpha value is -3.22. The third kappa shape index (κ3) is 5.13. The smallest absolute Gasteiger partial charge is 0.237 e. The molecule has 0 aliphatic carbocycles. The summed E-state index contributed by atoms with van der Waals surface area (Å²) in [5.41, 5.74) is 1.22. The Balaban J connectivity index is 2.29. The van der Waals surface area contributed by atoms with Crippen molar-refractivity contribution in [3.63, 3.8) is 0 Å². The Morgan fingerprint density at radius 2 is 1.81 bits per heavy atom. The van der Waals surface area contributed by atoms with Crippen LogP contribution in [0.4, 0.5) is 5.69 Å². The number of hydrogen-bond donors (Lipinski definition) is 1. The minimum atomic E-state index is -1.41. The highest BCUT2D eigenvalue weighted by atomic mass is 16.6. The third-order valence-electron chi connectivity index (χ3n) is 4.50. The molecule has 27 heavy (non-hydrogen) atoms. The quantitative estimate of drug-likeness (QED) is 0.568. The van der Waals surface area contributed by atoms with Crippen LogP contribution in [-0.2, 0) is 11.2 Å². The van der Waals surface area contributed by atoms with Crippen molar-refractivity contribution in [3.05, 3.63) is 75.3 Å². The van der Waals surface area contributed by atoms with Crippen LogP contribution in [0.1, 0.15) is 47.8 Å². The Kier molecular flexibility index (Phi) is 6.65. The molecule has 0 aliphatic heterocycles. The minimum absolute atomic E-state index is 0.123. The van der Waals surface area contributed by atoms with Crippen LogP contribution in [0.25, 0.3) is 0 Å². The van der Waals surface area contributed by atoms with Crippen molar-refractivity contribution in [1.82, 2.24) is 0 Å². The number of carbonyl (C=O) groups excluding carboxylic acids is 2. The van der Waals surface area contributed by atoms with Gasteiger partial charge in [-0.15, -0.1) is 0 Å². The molecule has 2 aromatic carbocycles. The molecule has 2 rings (SSSR count). The molecule has 7 heteroatoms. The first-order valence-corrected chi connectivity index (χ1v) is 8.67. The maximum absolute atomic E-state index is 12.7. The molecule has 0 fully saturated rings. The van der Waals surface area contributed by atoms with Gasteiger partial charge in [-0.2, -0.15) is 0 Å². The predicted octanol–water partition coefficient (Wildman–Crippen LogP) is 2.60. The molecule has 0 saturated carbocycles. The van der Waals surface area contributed by atoms with Gasteiger partial charge in [0.05, 0.1) is 11.7 Å². The molecule has 7 nitrogen and oxygen atoms in total. The standard InChI is InChI=1S/C20H22N2O5/c1-3-15(11-14-7-5-4-6-8-14)19(23)21-18-12-16(20(24)25)9-10-17(18)13(2)22(26)27/h4-10,12-13,15H,3,11H2,1-2H3,(H,21,23)(H,24,25)/p-1. The highest BCUT2D eigenvalue weighted by Gasteiger charge is 2.24. The van der Waals surface area contributed by atoms with Gasteiger partial charge in [-0.1, -0.05) is 43.3 Å². The van der Waals surface area contributed by atoms with E-state index in [0.717, 1.165) is 5.56 Å². The van der Waals surface area contributed by atoms with E-state index in [4.69, 9.17) is 0 Å². The van der Waals surface area contributed by atoms with Crippen molar-refractivity contribution in [1.29, 1.82) is 0 Å². The van der Waals surface area contributed by atoms with Crippen molar-refractivity contribution in [3.8, 4) is 0 Å². The van der Waals surface area contributed by atoms with E-state index in [0.29, 0.717) is 12.8 Å². The first-order chi connectivity index (χ1) is 12.8. The summed E-state index contributed by atoms with van der Waals surface area (Å²) in [6.07, 6.45) is 1.09. The van der Waals surface area contributed by atoms with Crippen molar-refractivity contribution in [2.45, 2.75) is 32.7 Å². The minimum Gasteiger partial charge on any atom is -0.545 e. The molecule has 2 unspecified atom stereocenters. The average molecular weight is 369 g/mol. The summed E-state index contributed by atoms with van der Waals surface area (Å²) in [5, 5.41) is 25.0. The summed E-state index contributed by atoms with van der Waals surface area (Å²) in [6, 6.07) is 12.2. The summed E-state index contributed by atoms with van der Waals surface area (Å²) in [6.45, 7) is 3.26. The van der Waals surface area contributed by atoms with Gasteiger partial charge < -0.3 is 15.2 Å². The van der Waals surface area contributed by atoms with Crippen molar-refractivity contribution >= 4 is 17.6 Å². The maximum atomic E-state index is 12.7. The number of amides is 1. The number of anilines is 1. The number of aromatic carboxylic acids is 1. The van der Waals surface area contributed by atoms with Crippen LogP contribution < -0.4 is 10.4 Å². The highest BCUT2D eigenvalue weighted by molar-refractivity contribution is 5.95. The van der Waals surface area contributed by atoms with Gasteiger partial charge >= 0.3 is 0 Å². The SMILES string of the molecule is CCC(Cc1ccccc1)C(=O)Nc1cc(C(=O)[O-])ccc1C(C)[N+](=O)[O-]. The predicted molar refractivity (Wildman–Crippen MR) is 98.7 cm³/mol. The molecule has 142 valence electrons. The lowest BCUT2D eigenvalue weighted by molar-refractivity contribution is -0.524. The van der Waals surface area contributed by atoms with Gasteiger partial charge in [0.1, 0.15) is 0 Å². The monoisotopic (exact) mass is 369 g/mol. The number of nitro groups is 1. The van der Waals surface area contributed by atoms with Crippen molar-refractivity contribution < 1.29 is 19.6 Å². The lowest BCUT2D eigenvalue weighted by Gasteiger charge is -2.18. The topological polar surface area (TPSA) is 112 Å². The van der Waals surface area contributed by atoms with E-state index in [-0.39, 0.29) is 28.6 Å². The molecule has 0 heterocycles. The zero-order valence-electron chi connectivity index (χ0n) is 15.2. The summed E-state index contributed by atoms with van der Waals surface area (Å²) in [5.74, 6) is -2.08. The number of nitrogens with zero attached hydrogens (tertiary/aromatic N) is 1. The van der Waals surface area contributed by atoms with Crippen LogP contribution in [0.15, 0.2) is 48.5 Å². The van der Waals surface area contributed by atoms with Crippen LogP contribution >= 0.6 is 0 Å². The molecule has 0 bridgehead atoms. The second-order valence-electron chi connectivity index (χ2n) is 6.33. The summed E-state index contributed by atoms with van der Waals surface area (Å²) < 4.78 is 0. The molecule has 2 aromatic rings. The Bertz CT molecular complexity index is 836. The zero-order chi connectivity index (χ0) is 20.0. The molecule has 1 N–H and O–H groups in total. The molecule has 0 radical (unpaired) electrons. The zero-order valence-corrected chi connectivity index (χ0v) is 15.2. The first-order valence-electron chi connectivity index (χ1n) is 8.67. The van der Waals surface area contributed by atoms with E-state index < -0.39 is 16.9 Å². The summed E-state index contributed by atoms with van der Waals surface area (Å²) in [7, 11) is 0. The highest BCUT2D eigenvalue weighted by Crippen LogP contribution is 2.27. The van der Waals surface area contributed by atoms with Gasteiger partial charge in [0, 0.05) is 23.3 Å². The van der Waals surface area contributed by atoms with Gasteiger partial charge in [0.15, 0.2) is 0 Å². The van der Waals surface area contributed by atoms with Gasteiger partial charge in [-0.3, -0.25) is 14.9 Å². The lowest BCUT2D eigenvalue weighted by Crippen LogP contribution is -2.26. The summed E-state index contributed by atoms with van der Waals surface area (Å²) >= 11 is 0. The lowest BCUT2D eigenvalue weighted by atomic mass is 9.95. The maximum Gasteiger partial charge on any atom is 0.237 e. The number of carbonyl (C=O) groups is 2. The van der Waals surface area contributed by atoms with E-state index in [9.17, 15) is 24.8 Å². The molecule has 2 atom stereocenters. The Morgan fingerprint density at radius 1 is 1.15 bits per heavy atom. The van der Waals surface area contributed by atoms with E-state index in [1.165, 1.54) is 25.1 Å². The van der Waals surface area contributed by atoms with Crippen LogP contribution in [0, 0.1) is 16.0 Å². The number of nitrogens with one attached hydrogen (secondary N) is 1. The first kappa shape index (κ1) is 20.1. The second-order valence-corrected chi connectivity index (χ2v) is 6.33. The molecule has 1 amide bonds. The Labute approximate surface area is 157 Å². The van der Waals surface area contributed by atoms with E-state index >= 15 is 0 Å². The van der Waals surface area contributed by atoms with Crippen LogP contribution in [0.2, 0.25) is 0 Å². The molecular weight excluding hydrogens is 348 g/mol. The van der Waals surface area contributed by atoms with Crippen molar-refractivity contribution in [2.75, 3.05) is 5.32 Å². The molecule has 0 aliphatic rings. The molecule has 0 saturated heterocycles. The van der Waals surface area contributed by atoms with Crippen molar-refractivity contribution in [2.24, 2.45) is 5.92 Å². The second kappa shape index (κ2) is 8.93. The van der Waals surface area contributed by atoms with Gasteiger partial charge in [0.2, 0.25) is 11.9 Å². The number of carboxylic acid groups (broad SMARTS) is 1.